The Labute approximate surface area is 137 Å². The van der Waals surface area contributed by atoms with Gasteiger partial charge in [-0.2, -0.15) is 0 Å². The number of aliphatic carboxylic acids is 1. The third-order valence-corrected chi connectivity index (χ3v) is 4.43. The summed E-state index contributed by atoms with van der Waals surface area (Å²) in [6, 6.07) is 12.0. The lowest BCUT2D eigenvalue weighted by molar-refractivity contribution is -0.141. The van der Waals surface area contributed by atoms with Crippen LogP contribution < -0.4 is 5.32 Å². The van der Waals surface area contributed by atoms with Gasteiger partial charge in [0.1, 0.15) is 6.04 Å². The topological polar surface area (TPSA) is 66.4 Å². The van der Waals surface area contributed by atoms with Crippen molar-refractivity contribution in [2.45, 2.75) is 25.3 Å². The molecule has 0 saturated carbocycles. The van der Waals surface area contributed by atoms with Crippen LogP contribution in [0.15, 0.2) is 42.5 Å². The predicted molar refractivity (Wildman–Crippen MR) is 87.4 cm³/mol. The second kappa shape index (κ2) is 7.96. The number of aryl methyl sites for hydroxylation is 1. The van der Waals surface area contributed by atoms with E-state index in [0.717, 1.165) is 10.4 Å². The van der Waals surface area contributed by atoms with Gasteiger partial charge in [0, 0.05) is 17.7 Å². The molecule has 116 valence electrons. The van der Waals surface area contributed by atoms with Gasteiger partial charge in [0.2, 0.25) is 5.91 Å². The Balaban J connectivity index is 1.87. The van der Waals surface area contributed by atoms with E-state index in [1.807, 2.05) is 36.4 Å². The minimum atomic E-state index is -1.03. The zero-order valence-electron chi connectivity index (χ0n) is 11.8. The maximum absolute atomic E-state index is 11.9. The molecule has 1 heterocycles. The van der Waals surface area contributed by atoms with Crippen LogP contribution in [0.25, 0.3) is 0 Å². The molecule has 1 atom stereocenters. The number of nitrogens with one attached hydrogen (secondary N) is 1. The Morgan fingerprint density at radius 2 is 1.91 bits per heavy atom. The lowest BCUT2D eigenvalue weighted by Gasteiger charge is -2.14. The zero-order valence-corrected chi connectivity index (χ0v) is 13.4. The van der Waals surface area contributed by atoms with Crippen LogP contribution in [-0.4, -0.2) is 23.0 Å². The molecule has 1 aromatic carbocycles. The largest absolute Gasteiger partial charge is 0.480 e. The van der Waals surface area contributed by atoms with Crippen molar-refractivity contribution in [3.8, 4) is 0 Å². The Hall–Kier alpha value is -1.85. The molecule has 1 aromatic heterocycles. The molecule has 0 bridgehead atoms. The molecule has 1 amide bonds. The molecule has 0 aliphatic heterocycles. The highest BCUT2D eigenvalue weighted by Crippen LogP contribution is 2.22. The van der Waals surface area contributed by atoms with E-state index in [-0.39, 0.29) is 18.7 Å². The summed E-state index contributed by atoms with van der Waals surface area (Å²) in [5.74, 6) is -1.30. The highest BCUT2D eigenvalue weighted by molar-refractivity contribution is 7.16. The van der Waals surface area contributed by atoms with Crippen molar-refractivity contribution in [2.24, 2.45) is 0 Å². The van der Waals surface area contributed by atoms with Gasteiger partial charge in [0.15, 0.2) is 0 Å². The molecule has 0 aliphatic rings. The van der Waals surface area contributed by atoms with Crippen molar-refractivity contribution in [3.63, 3.8) is 0 Å². The van der Waals surface area contributed by atoms with Gasteiger partial charge < -0.3 is 10.4 Å². The lowest BCUT2D eigenvalue weighted by atomic mass is 10.1. The fourth-order valence-corrected chi connectivity index (χ4v) is 3.13. The molecular weight excluding hydrogens is 322 g/mol. The number of carboxylic acids is 1. The summed E-state index contributed by atoms with van der Waals surface area (Å²) in [5.41, 5.74) is 0.875. The van der Waals surface area contributed by atoms with E-state index in [1.165, 1.54) is 11.3 Å². The van der Waals surface area contributed by atoms with E-state index < -0.39 is 12.0 Å². The average Bonchev–Trinajstić information content (AvgIpc) is 2.91. The number of halogens is 1. The van der Waals surface area contributed by atoms with Gasteiger partial charge in [-0.15, -0.1) is 11.3 Å². The third-order valence-electron chi connectivity index (χ3n) is 3.14. The Bertz CT molecular complexity index is 642. The van der Waals surface area contributed by atoms with E-state index in [4.69, 9.17) is 11.6 Å². The molecule has 6 heteroatoms. The fraction of sp³-hybridized carbons (Fsp3) is 0.250. The number of carbonyl (C=O) groups is 2. The van der Waals surface area contributed by atoms with Crippen LogP contribution in [0.1, 0.15) is 16.9 Å². The predicted octanol–water partition coefficient (Wildman–Crippen LogP) is 3.15. The number of thiophene rings is 1. The normalized spacial score (nSPS) is 11.9. The van der Waals surface area contributed by atoms with Gasteiger partial charge in [-0.25, -0.2) is 4.79 Å². The highest BCUT2D eigenvalue weighted by Gasteiger charge is 2.20. The Morgan fingerprint density at radius 3 is 2.50 bits per heavy atom. The van der Waals surface area contributed by atoms with E-state index in [2.05, 4.69) is 5.32 Å². The van der Waals surface area contributed by atoms with Gasteiger partial charge in [-0.3, -0.25) is 4.79 Å². The number of amides is 1. The molecule has 0 spiro atoms. The number of benzene rings is 1. The first-order chi connectivity index (χ1) is 10.5. The molecule has 0 unspecified atom stereocenters. The van der Waals surface area contributed by atoms with Crippen molar-refractivity contribution in [1.29, 1.82) is 0 Å². The molecule has 4 nitrogen and oxygen atoms in total. The van der Waals surface area contributed by atoms with Crippen LogP contribution in [0.5, 0.6) is 0 Å². The second-order valence-corrected chi connectivity index (χ2v) is 6.65. The Kier molecular flexibility index (Phi) is 5.98. The van der Waals surface area contributed by atoms with E-state index in [9.17, 15) is 14.7 Å². The third kappa shape index (κ3) is 5.16. The number of hydrogen-bond donors (Lipinski definition) is 2. The molecule has 0 aliphatic carbocycles. The van der Waals surface area contributed by atoms with Crippen molar-refractivity contribution in [2.75, 3.05) is 0 Å². The number of carboxylic acid groups (broad SMARTS) is 1. The van der Waals surface area contributed by atoms with Crippen LogP contribution in [0.4, 0.5) is 0 Å². The van der Waals surface area contributed by atoms with Crippen molar-refractivity contribution in [1.82, 2.24) is 5.32 Å². The first-order valence-electron chi connectivity index (χ1n) is 6.85. The molecule has 2 N–H and O–H groups in total. The van der Waals surface area contributed by atoms with Gasteiger partial charge in [-0.1, -0.05) is 41.9 Å². The standard InChI is InChI=1S/C16H16ClNO3S/c17-14-8-6-12(22-14)7-9-15(19)18-13(16(20)21)10-11-4-2-1-3-5-11/h1-6,8,13H,7,9-10H2,(H,18,19)(H,20,21)/t13-/m1/s1. The van der Waals surface area contributed by atoms with Crippen molar-refractivity contribution < 1.29 is 14.7 Å². The van der Waals surface area contributed by atoms with Crippen LogP contribution in [0, 0.1) is 0 Å². The Morgan fingerprint density at radius 1 is 1.18 bits per heavy atom. The maximum Gasteiger partial charge on any atom is 0.326 e. The smallest absolute Gasteiger partial charge is 0.326 e. The minimum absolute atomic E-state index is 0.245. The summed E-state index contributed by atoms with van der Waals surface area (Å²) in [7, 11) is 0. The van der Waals surface area contributed by atoms with Crippen LogP contribution in [-0.2, 0) is 22.4 Å². The summed E-state index contributed by atoms with van der Waals surface area (Å²) >= 11 is 7.26. The van der Waals surface area contributed by atoms with Crippen LogP contribution in [0.2, 0.25) is 4.34 Å². The average molecular weight is 338 g/mol. The van der Waals surface area contributed by atoms with Crippen LogP contribution >= 0.6 is 22.9 Å². The molecule has 22 heavy (non-hydrogen) atoms. The quantitative estimate of drug-likeness (QED) is 0.815. The lowest BCUT2D eigenvalue weighted by Crippen LogP contribution is -2.42. The van der Waals surface area contributed by atoms with Gasteiger partial charge in [0.05, 0.1) is 4.34 Å². The first-order valence-corrected chi connectivity index (χ1v) is 8.04. The zero-order chi connectivity index (χ0) is 15.9. The number of carbonyl (C=O) groups excluding carboxylic acids is 1. The van der Waals surface area contributed by atoms with Gasteiger partial charge >= 0.3 is 5.97 Å². The number of hydrogen-bond acceptors (Lipinski definition) is 3. The molecule has 0 saturated heterocycles. The van der Waals surface area contributed by atoms with Crippen LogP contribution in [0.3, 0.4) is 0 Å². The molecule has 2 rings (SSSR count). The number of rotatable bonds is 7. The second-order valence-electron chi connectivity index (χ2n) is 4.85. The summed E-state index contributed by atoms with van der Waals surface area (Å²) in [4.78, 5) is 24.2. The summed E-state index contributed by atoms with van der Waals surface area (Å²) in [6.07, 6.45) is 1.07. The molecule has 0 radical (unpaired) electrons. The maximum atomic E-state index is 11.9. The molecule has 2 aromatic rings. The summed E-state index contributed by atoms with van der Waals surface area (Å²) in [5, 5.41) is 11.8. The minimum Gasteiger partial charge on any atom is -0.480 e. The van der Waals surface area contributed by atoms with Gasteiger partial charge in [-0.05, 0) is 24.1 Å². The summed E-state index contributed by atoms with van der Waals surface area (Å²) < 4.78 is 0.683. The van der Waals surface area contributed by atoms with E-state index in [0.29, 0.717) is 10.8 Å². The highest BCUT2D eigenvalue weighted by atomic mass is 35.5. The first kappa shape index (κ1) is 16.5. The van der Waals surface area contributed by atoms with Crippen molar-refractivity contribution in [3.05, 3.63) is 57.2 Å². The van der Waals surface area contributed by atoms with Crippen molar-refractivity contribution >= 4 is 34.8 Å². The molecule has 0 fully saturated rings. The van der Waals surface area contributed by atoms with E-state index in [1.54, 1.807) is 6.07 Å². The SMILES string of the molecule is O=C(CCc1ccc(Cl)s1)N[C@H](Cc1ccccc1)C(=O)O. The molecular formula is C16H16ClNO3S. The monoisotopic (exact) mass is 337 g/mol. The van der Waals surface area contributed by atoms with E-state index >= 15 is 0 Å². The summed E-state index contributed by atoms with van der Waals surface area (Å²) in [6.45, 7) is 0. The fourth-order valence-electron chi connectivity index (χ4n) is 2.04. The van der Waals surface area contributed by atoms with Gasteiger partial charge in [0.25, 0.3) is 0 Å².